The van der Waals surface area contributed by atoms with Gasteiger partial charge in [0.05, 0.1) is 0 Å². The zero-order chi connectivity index (χ0) is 18.5. The van der Waals surface area contributed by atoms with Gasteiger partial charge in [0, 0.05) is 11.8 Å². The number of carbonyl (C=O) groups excluding carboxylic acids is 2. The highest BCUT2D eigenvalue weighted by Crippen LogP contribution is 2.06. The summed E-state index contributed by atoms with van der Waals surface area (Å²) in [4.78, 5) is 24.5. The van der Waals surface area contributed by atoms with E-state index < -0.39 is 6.04 Å². The standard InChI is InChI=1S/C20H31N3O2/c1-4-5-6-7-8-12-15-21-23-20(25)18(16(2)3)22-19(24)17-13-10-9-11-14-17/h9-11,13-16,18H,4-8,12H2,1-3H3,(H,22,24)(H,23,25)/t18-/m0/s1. The second kappa shape index (κ2) is 12.2. The fraction of sp³-hybridized carbons (Fsp3) is 0.550. The van der Waals surface area contributed by atoms with Crippen LogP contribution < -0.4 is 10.7 Å². The first-order valence-electron chi connectivity index (χ1n) is 9.23. The number of unbranched alkanes of at least 4 members (excludes halogenated alkanes) is 5. The van der Waals surface area contributed by atoms with Gasteiger partial charge in [-0.3, -0.25) is 9.59 Å². The molecule has 0 saturated carbocycles. The van der Waals surface area contributed by atoms with Gasteiger partial charge in [-0.05, 0) is 30.9 Å². The lowest BCUT2D eigenvalue weighted by atomic mass is 10.0. The van der Waals surface area contributed by atoms with Crippen LogP contribution in [0.25, 0.3) is 0 Å². The van der Waals surface area contributed by atoms with Crippen LogP contribution in [0.1, 0.15) is 69.7 Å². The Morgan fingerprint density at radius 3 is 2.40 bits per heavy atom. The molecule has 1 aromatic carbocycles. The van der Waals surface area contributed by atoms with E-state index in [-0.39, 0.29) is 17.7 Å². The van der Waals surface area contributed by atoms with Crippen LogP contribution in [0.3, 0.4) is 0 Å². The molecule has 0 spiro atoms. The van der Waals surface area contributed by atoms with E-state index in [4.69, 9.17) is 0 Å². The first-order valence-corrected chi connectivity index (χ1v) is 9.23. The lowest BCUT2D eigenvalue weighted by Crippen LogP contribution is -2.48. The van der Waals surface area contributed by atoms with Crippen molar-refractivity contribution in [3.05, 3.63) is 35.9 Å². The van der Waals surface area contributed by atoms with Gasteiger partial charge in [0.25, 0.3) is 11.8 Å². The zero-order valence-electron chi connectivity index (χ0n) is 15.6. The molecule has 0 unspecified atom stereocenters. The van der Waals surface area contributed by atoms with Crippen molar-refractivity contribution in [2.24, 2.45) is 11.0 Å². The van der Waals surface area contributed by atoms with E-state index in [9.17, 15) is 9.59 Å². The normalized spacial score (nSPS) is 12.3. The molecule has 0 aliphatic rings. The van der Waals surface area contributed by atoms with Crippen LogP contribution in [0.2, 0.25) is 0 Å². The van der Waals surface area contributed by atoms with Gasteiger partial charge in [-0.2, -0.15) is 5.10 Å². The van der Waals surface area contributed by atoms with E-state index in [1.165, 1.54) is 25.7 Å². The van der Waals surface area contributed by atoms with Crippen molar-refractivity contribution in [2.45, 2.75) is 65.3 Å². The van der Waals surface area contributed by atoms with Crippen LogP contribution in [0.15, 0.2) is 35.4 Å². The Morgan fingerprint density at radius 2 is 1.76 bits per heavy atom. The summed E-state index contributed by atoms with van der Waals surface area (Å²) in [6.07, 6.45) is 8.61. The molecular formula is C20H31N3O2. The molecule has 2 N–H and O–H groups in total. The predicted molar refractivity (Wildman–Crippen MR) is 103 cm³/mol. The number of amides is 2. The fourth-order valence-corrected chi connectivity index (χ4v) is 2.43. The highest BCUT2D eigenvalue weighted by Gasteiger charge is 2.24. The summed E-state index contributed by atoms with van der Waals surface area (Å²) in [5, 5.41) is 6.78. The number of benzene rings is 1. The van der Waals surface area contributed by atoms with Crippen LogP contribution in [0, 0.1) is 5.92 Å². The number of hydrazone groups is 1. The number of carbonyl (C=O) groups is 2. The van der Waals surface area contributed by atoms with E-state index in [0.717, 1.165) is 12.8 Å². The van der Waals surface area contributed by atoms with E-state index in [1.807, 2.05) is 19.9 Å². The van der Waals surface area contributed by atoms with Crippen LogP contribution in [-0.4, -0.2) is 24.1 Å². The summed E-state index contributed by atoms with van der Waals surface area (Å²) in [7, 11) is 0. The molecule has 0 fully saturated rings. The van der Waals surface area contributed by atoms with Gasteiger partial charge < -0.3 is 5.32 Å². The molecule has 1 atom stereocenters. The van der Waals surface area contributed by atoms with Gasteiger partial charge in [0.2, 0.25) is 0 Å². The minimum atomic E-state index is -0.616. The summed E-state index contributed by atoms with van der Waals surface area (Å²) < 4.78 is 0. The predicted octanol–water partition coefficient (Wildman–Crippen LogP) is 3.90. The number of nitrogens with one attached hydrogen (secondary N) is 2. The first kappa shape index (κ1) is 20.9. The molecular weight excluding hydrogens is 314 g/mol. The molecule has 5 heteroatoms. The Hall–Kier alpha value is -2.17. The minimum Gasteiger partial charge on any atom is -0.340 e. The topological polar surface area (TPSA) is 70.6 Å². The highest BCUT2D eigenvalue weighted by molar-refractivity contribution is 5.97. The van der Waals surface area contributed by atoms with Gasteiger partial charge >= 0.3 is 0 Å². The second-order valence-electron chi connectivity index (χ2n) is 6.55. The van der Waals surface area contributed by atoms with E-state index in [0.29, 0.717) is 5.56 Å². The van der Waals surface area contributed by atoms with Crippen LogP contribution in [0.4, 0.5) is 0 Å². The average Bonchev–Trinajstić information content (AvgIpc) is 2.62. The van der Waals surface area contributed by atoms with Crippen molar-refractivity contribution in [3.8, 4) is 0 Å². The maximum absolute atomic E-state index is 12.3. The number of rotatable bonds is 11. The molecule has 0 aliphatic carbocycles. The molecule has 0 heterocycles. The van der Waals surface area contributed by atoms with Crippen molar-refractivity contribution in [1.82, 2.24) is 10.7 Å². The Morgan fingerprint density at radius 1 is 1.08 bits per heavy atom. The third-order valence-electron chi connectivity index (χ3n) is 3.97. The molecule has 0 aliphatic heterocycles. The van der Waals surface area contributed by atoms with Gasteiger partial charge in [-0.15, -0.1) is 0 Å². The second-order valence-corrected chi connectivity index (χ2v) is 6.55. The van der Waals surface area contributed by atoms with Crippen molar-refractivity contribution in [3.63, 3.8) is 0 Å². The molecule has 1 aromatic rings. The van der Waals surface area contributed by atoms with E-state index in [2.05, 4.69) is 22.8 Å². The lowest BCUT2D eigenvalue weighted by Gasteiger charge is -2.20. The molecule has 2 amide bonds. The fourth-order valence-electron chi connectivity index (χ4n) is 2.43. The van der Waals surface area contributed by atoms with Crippen LogP contribution in [-0.2, 0) is 4.79 Å². The largest absolute Gasteiger partial charge is 0.340 e. The zero-order valence-corrected chi connectivity index (χ0v) is 15.6. The molecule has 5 nitrogen and oxygen atoms in total. The third-order valence-corrected chi connectivity index (χ3v) is 3.97. The summed E-state index contributed by atoms with van der Waals surface area (Å²) in [6.45, 7) is 5.98. The van der Waals surface area contributed by atoms with Gasteiger partial charge in [-0.1, -0.05) is 64.7 Å². The average molecular weight is 345 g/mol. The SMILES string of the molecule is CCCCCCCC=NNC(=O)[C@@H](NC(=O)c1ccccc1)C(C)C. The Labute approximate surface area is 151 Å². The molecule has 25 heavy (non-hydrogen) atoms. The summed E-state index contributed by atoms with van der Waals surface area (Å²) in [5.41, 5.74) is 3.08. The van der Waals surface area contributed by atoms with Crippen molar-refractivity contribution < 1.29 is 9.59 Å². The van der Waals surface area contributed by atoms with Crippen LogP contribution in [0.5, 0.6) is 0 Å². The maximum Gasteiger partial charge on any atom is 0.262 e. The van der Waals surface area contributed by atoms with Crippen molar-refractivity contribution in [2.75, 3.05) is 0 Å². The van der Waals surface area contributed by atoms with E-state index >= 15 is 0 Å². The molecule has 0 radical (unpaired) electrons. The maximum atomic E-state index is 12.3. The molecule has 0 saturated heterocycles. The third kappa shape index (κ3) is 8.47. The van der Waals surface area contributed by atoms with Crippen molar-refractivity contribution >= 4 is 18.0 Å². The summed E-state index contributed by atoms with van der Waals surface area (Å²) in [5.74, 6) is -0.576. The highest BCUT2D eigenvalue weighted by atomic mass is 16.2. The van der Waals surface area contributed by atoms with Gasteiger partial charge in [0.15, 0.2) is 0 Å². The summed E-state index contributed by atoms with van der Waals surface area (Å²) in [6, 6.07) is 8.27. The molecule has 1 rings (SSSR count). The molecule has 0 bridgehead atoms. The smallest absolute Gasteiger partial charge is 0.262 e. The number of hydrogen-bond acceptors (Lipinski definition) is 3. The van der Waals surface area contributed by atoms with E-state index in [1.54, 1.807) is 30.5 Å². The summed E-state index contributed by atoms with van der Waals surface area (Å²) >= 11 is 0. The molecule has 0 aromatic heterocycles. The number of hydrogen-bond donors (Lipinski definition) is 2. The van der Waals surface area contributed by atoms with Crippen molar-refractivity contribution in [1.29, 1.82) is 0 Å². The first-order chi connectivity index (χ1) is 12.1. The van der Waals surface area contributed by atoms with Crippen LogP contribution >= 0.6 is 0 Å². The van der Waals surface area contributed by atoms with Gasteiger partial charge in [0.1, 0.15) is 6.04 Å². The number of nitrogens with zero attached hydrogens (tertiary/aromatic N) is 1. The Bertz CT molecular complexity index is 541. The Balaban J connectivity index is 2.42. The lowest BCUT2D eigenvalue weighted by molar-refractivity contribution is -0.123. The quantitative estimate of drug-likeness (QED) is 0.363. The Kier molecular flexibility index (Phi) is 10.2. The van der Waals surface area contributed by atoms with Gasteiger partial charge in [-0.25, -0.2) is 5.43 Å². The monoisotopic (exact) mass is 345 g/mol. The minimum absolute atomic E-state index is 0.0306. The molecule has 138 valence electrons.